The predicted molar refractivity (Wildman–Crippen MR) is 77.1 cm³/mol. The third kappa shape index (κ3) is 5.04. The number of benzene rings is 1. The first-order valence-corrected chi connectivity index (χ1v) is 6.85. The maximum Gasteiger partial charge on any atom is 0.253 e. The molecule has 0 spiro atoms. The molecule has 0 radical (unpaired) electrons. The molecule has 1 rings (SSSR count). The molecular weight excluding hydrogens is 329 g/mol. The van der Waals surface area contributed by atoms with Gasteiger partial charge in [0.2, 0.25) is 0 Å². The number of nitrogens with zero attached hydrogens (tertiary/aromatic N) is 1. The average Bonchev–Trinajstić information content (AvgIpc) is 2.34. The fourth-order valence-corrected chi connectivity index (χ4v) is 1.91. The molecule has 1 aromatic carbocycles. The van der Waals surface area contributed by atoms with Crippen molar-refractivity contribution in [3.05, 3.63) is 33.4 Å². The lowest BCUT2D eigenvalue weighted by atomic mass is 10.2. The van der Waals surface area contributed by atoms with Crippen LogP contribution >= 0.6 is 22.6 Å². The number of carbonyl (C=O) groups is 1. The standard InChI is InChI=1S/C13H18INO2/c1-15(9-3-2-4-10-16)13(17)11-5-7-12(14)8-6-11/h5-8,16H,2-4,9-10H2,1H3. The van der Waals surface area contributed by atoms with Gasteiger partial charge >= 0.3 is 0 Å². The van der Waals surface area contributed by atoms with Crippen molar-refractivity contribution >= 4 is 28.5 Å². The molecule has 1 N–H and O–H groups in total. The molecular formula is C13H18INO2. The number of unbranched alkanes of at least 4 members (excludes halogenated alkanes) is 2. The Labute approximate surface area is 116 Å². The van der Waals surface area contributed by atoms with E-state index in [1.165, 1.54) is 0 Å². The summed E-state index contributed by atoms with van der Waals surface area (Å²) in [6, 6.07) is 7.59. The van der Waals surface area contributed by atoms with E-state index in [4.69, 9.17) is 5.11 Å². The van der Waals surface area contributed by atoms with Crippen molar-refractivity contribution in [1.82, 2.24) is 4.90 Å². The third-order valence-electron chi connectivity index (χ3n) is 2.59. The van der Waals surface area contributed by atoms with Gasteiger partial charge in [0.25, 0.3) is 5.91 Å². The van der Waals surface area contributed by atoms with Gasteiger partial charge in [0.1, 0.15) is 0 Å². The maximum absolute atomic E-state index is 12.0. The highest BCUT2D eigenvalue weighted by Crippen LogP contribution is 2.09. The van der Waals surface area contributed by atoms with E-state index in [0.29, 0.717) is 0 Å². The van der Waals surface area contributed by atoms with Gasteiger partial charge in [-0.25, -0.2) is 0 Å². The number of carbonyl (C=O) groups excluding carboxylic acids is 1. The van der Waals surface area contributed by atoms with Crippen LogP contribution in [-0.4, -0.2) is 36.1 Å². The summed E-state index contributed by atoms with van der Waals surface area (Å²) in [5.74, 6) is 0.0606. The molecule has 0 aliphatic rings. The molecule has 0 aromatic heterocycles. The Morgan fingerprint density at radius 3 is 2.47 bits per heavy atom. The summed E-state index contributed by atoms with van der Waals surface area (Å²) in [6.07, 6.45) is 2.71. The highest BCUT2D eigenvalue weighted by atomic mass is 127. The molecule has 0 heterocycles. The molecule has 0 aliphatic carbocycles. The van der Waals surface area contributed by atoms with Crippen molar-refractivity contribution < 1.29 is 9.90 Å². The molecule has 0 aliphatic heterocycles. The summed E-state index contributed by atoms with van der Waals surface area (Å²) in [4.78, 5) is 13.7. The molecule has 0 fully saturated rings. The molecule has 94 valence electrons. The van der Waals surface area contributed by atoms with Crippen LogP contribution in [0, 0.1) is 3.57 Å². The molecule has 1 amide bonds. The number of halogens is 1. The monoisotopic (exact) mass is 347 g/mol. The van der Waals surface area contributed by atoms with Gasteiger partial charge in [0, 0.05) is 29.3 Å². The van der Waals surface area contributed by atoms with Gasteiger partial charge < -0.3 is 10.0 Å². The summed E-state index contributed by atoms with van der Waals surface area (Å²) in [7, 11) is 1.82. The highest BCUT2D eigenvalue weighted by Gasteiger charge is 2.10. The number of hydrogen-bond acceptors (Lipinski definition) is 2. The number of aliphatic hydroxyl groups excluding tert-OH is 1. The van der Waals surface area contributed by atoms with Gasteiger partial charge in [-0.2, -0.15) is 0 Å². The Morgan fingerprint density at radius 1 is 1.24 bits per heavy atom. The van der Waals surface area contributed by atoms with E-state index in [9.17, 15) is 4.79 Å². The minimum Gasteiger partial charge on any atom is -0.396 e. The van der Waals surface area contributed by atoms with E-state index in [2.05, 4.69) is 22.6 Å². The second-order valence-electron chi connectivity index (χ2n) is 4.02. The van der Waals surface area contributed by atoms with E-state index < -0.39 is 0 Å². The van der Waals surface area contributed by atoms with Crippen LogP contribution in [0.1, 0.15) is 29.6 Å². The van der Waals surface area contributed by atoms with Crippen molar-refractivity contribution in [2.45, 2.75) is 19.3 Å². The van der Waals surface area contributed by atoms with Gasteiger partial charge in [-0.15, -0.1) is 0 Å². The van der Waals surface area contributed by atoms with Gasteiger partial charge in [-0.3, -0.25) is 4.79 Å². The third-order valence-corrected chi connectivity index (χ3v) is 3.31. The topological polar surface area (TPSA) is 40.5 Å². The summed E-state index contributed by atoms with van der Waals surface area (Å²) in [5.41, 5.74) is 0.732. The second kappa shape index (κ2) is 7.66. The maximum atomic E-state index is 12.0. The van der Waals surface area contributed by atoms with Crippen LogP contribution in [0.15, 0.2) is 24.3 Å². The Balaban J connectivity index is 2.43. The van der Waals surface area contributed by atoms with Crippen molar-refractivity contribution in [3.8, 4) is 0 Å². The molecule has 0 saturated carbocycles. The van der Waals surface area contributed by atoms with Crippen LogP contribution in [-0.2, 0) is 0 Å². The molecule has 1 aromatic rings. The molecule has 0 unspecified atom stereocenters. The first kappa shape index (κ1) is 14.4. The molecule has 0 saturated heterocycles. The summed E-state index contributed by atoms with van der Waals surface area (Å²) < 4.78 is 1.13. The van der Waals surface area contributed by atoms with E-state index in [0.717, 1.165) is 34.9 Å². The number of hydrogen-bond donors (Lipinski definition) is 1. The molecule has 0 bridgehead atoms. The van der Waals surface area contributed by atoms with Crippen LogP contribution in [0.25, 0.3) is 0 Å². The van der Waals surface area contributed by atoms with Crippen LogP contribution in [0.3, 0.4) is 0 Å². The fraction of sp³-hybridized carbons (Fsp3) is 0.462. The normalized spacial score (nSPS) is 10.3. The lowest BCUT2D eigenvalue weighted by Gasteiger charge is -2.17. The lowest BCUT2D eigenvalue weighted by molar-refractivity contribution is 0.0792. The van der Waals surface area contributed by atoms with Gasteiger partial charge in [-0.05, 0) is 66.1 Å². The zero-order valence-corrected chi connectivity index (χ0v) is 12.2. The first-order valence-electron chi connectivity index (χ1n) is 5.77. The minimum absolute atomic E-state index is 0.0606. The van der Waals surface area contributed by atoms with Crippen LogP contribution < -0.4 is 0 Å². The van der Waals surface area contributed by atoms with E-state index >= 15 is 0 Å². The highest BCUT2D eigenvalue weighted by molar-refractivity contribution is 14.1. The average molecular weight is 347 g/mol. The van der Waals surface area contributed by atoms with Crippen molar-refractivity contribution in [3.63, 3.8) is 0 Å². The van der Waals surface area contributed by atoms with Crippen molar-refractivity contribution in [2.75, 3.05) is 20.2 Å². The van der Waals surface area contributed by atoms with Gasteiger partial charge in [0.05, 0.1) is 0 Å². The molecule has 17 heavy (non-hydrogen) atoms. The van der Waals surface area contributed by atoms with Gasteiger partial charge in [0.15, 0.2) is 0 Å². The smallest absolute Gasteiger partial charge is 0.253 e. The van der Waals surface area contributed by atoms with Crippen LogP contribution in [0.4, 0.5) is 0 Å². The quantitative estimate of drug-likeness (QED) is 0.635. The fourth-order valence-electron chi connectivity index (χ4n) is 1.55. The number of rotatable bonds is 6. The Bertz CT molecular complexity index is 351. The summed E-state index contributed by atoms with van der Waals surface area (Å²) in [5, 5.41) is 8.66. The Kier molecular flexibility index (Phi) is 6.50. The Hall–Kier alpha value is -0.620. The largest absolute Gasteiger partial charge is 0.396 e. The van der Waals surface area contributed by atoms with E-state index in [1.807, 2.05) is 31.3 Å². The van der Waals surface area contributed by atoms with Gasteiger partial charge in [-0.1, -0.05) is 0 Å². The SMILES string of the molecule is CN(CCCCCO)C(=O)c1ccc(I)cc1. The summed E-state index contributed by atoms with van der Waals surface area (Å²) >= 11 is 2.22. The molecule has 3 nitrogen and oxygen atoms in total. The number of aliphatic hydroxyl groups is 1. The number of amides is 1. The minimum atomic E-state index is 0.0606. The second-order valence-corrected chi connectivity index (χ2v) is 5.26. The summed E-state index contributed by atoms with van der Waals surface area (Å²) in [6.45, 7) is 0.972. The van der Waals surface area contributed by atoms with E-state index in [-0.39, 0.29) is 12.5 Å². The van der Waals surface area contributed by atoms with Crippen LogP contribution in [0.2, 0.25) is 0 Å². The predicted octanol–water partition coefficient (Wildman–Crippen LogP) is 2.53. The van der Waals surface area contributed by atoms with Crippen LogP contribution in [0.5, 0.6) is 0 Å². The lowest BCUT2D eigenvalue weighted by Crippen LogP contribution is -2.27. The zero-order chi connectivity index (χ0) is 12.7. The van der Waals surface area contributed by atoms with Crippen molar-refractivity contribution in [1.29, 1.82) is 0 Å². The molecule has 4 heteroatoms. The Morgan fingerprint density at radius 2 is 1.88 bits per heavy atom. The first-order chi connectivity index (χ1) is 8.15. The zero-order valence-electron chi connectivity index (χ0n) is 10.0. The van der Waals surface area contributed by atoms with E-state index in [1.54, 1.807) is 4.90 Å². The van der Waals surface area contributed by atoms with Crippen molar-refractivity contribution in [2.24, 2.45) is 0 Å². The molecule has 0 atom stereocenters.